The van der Waals surface area contributed by atoms with Gasteiger partial charge in [0.2, 0.25) is 0 Å². The number of aromatic nitrogens is 2. The SMILES string of the molecule is CC(C)CC(C)(N)N(Cc1ccccn1)Cc1ccccn1. The quantitative estimate of drug-likeness (QED) is 0.798. The Balaban J connectivity index is 2.20. The van der Waals surface area contributed by atoms with Gasteiger partial charge in [-0.15, -0.1) is 0 Å². The summed E-state index contributed by atoms with van der Waals surface area (Å²) in [5.41, 5.74) is 8.28. The first kappa shape index (κ1) is 16.6. The predicted octanol–water partition coefficient (Wildman–Crippen LogP) is 3.20. The van der Waals surface area contributed by atoms with Gasteiger partial charge in [0.1, 0.15) is 0 Å². The van der Waals surface area contributed by atoms with E-state index in [4.69, 9.17) is 5.73 Å². The fourth-order valence-corrected chi connectivity index (χ4v) is 2.75. The summed E-state index contributed by atoms with van der Waals surface area (Å²) in [5.74, 6) is 0.532. The fraction of sp³-hybridized carbons (Fsp3) is 0.444. The van der Waals surface area contributed by atoms with Crippen LogP contribution in [0.5, 0.6) is 0 Å². The first-order valence-electron chi connectivity index (χ1n) is 7.81. The zero-order chi connectivity index (χ0) is 16.0. The lowest BCUT2D eigenvalue weighted by Crippen LogP contribution is -2.53. The topological polar surface area (TPSA) is 55.0 Å². The molecule has 0 aliphatic carbocycles. The molecule has 0 spiro atoms. The molecule has 0 aromatic carbocycles. The average molecular weight is 298 g/mol. The van der Waals surface area contributed by atoms with Crippen LogP contribution in [0.25, 0.3) is 0 Å². The van der Waals surface area contributed by atoms with Gasteiger partial charge in [-0.25, -0.2) is 0 Å². The van der Waals surface area contributed by atoms with E-state index in [9.17, 15) is 0 Å². The highest BCUT2D eigenvalue weighted by Gasteiger charge is 2.29. The maximum atomic E-state index is 6.63. The Kier molecular flexibility index (Phi) is 5.63. The minimum atomic E-state index is -0.400. The van der Waals surface area contributed by atoms with Crippen molar-refractivity contribution in [1.29, 1.82) is 0 Å². The minimum Gasteiger partial charge on any atom is -0.313 e. The van der Waals surface area contributed by atoms with Gasteiger partial charge in [-0.3, -0.25) is 14.9 Å². The summed E-state index contributed by atoms with van der Waals surface area (Å²) < 4.78 is 0. The highest BCUT2D eigenvalue weighted by atomic mass is 15.3. The van der Waals surface area contributed by atoms with Gasteiger partial charge in [0.15, 0.2) is 0 Å². The second kappa shape index (κ2) is 7.47. The first-order valence-corrected chi connectivity index (χ1v) is 7.81. The van der Waals surface area contributed by atoms with E-state index < -0.39 is 5.66 Å². The highest BCUT2D eigenvalue weighted by molar-refractivity contribution is 5.07. The summed E-state index contributed by atoms with van der Waals surface area (Å²) >= 11 is 0. The molecule has 22 heavy (non-hydrogen) atoms. The van der Waals surface area contributed by atoms with Gasteiger partial charge < -0.3 is 5.73 Å². The van der Waals surface area contributed by atoms with Crippen LogP contribution in [0, 0.1) is 5.92 Å². The Morgan fingerprint density at radius 3 is 1.86 bits per heavy atom. The molecule has 118 valence electrons. The van der Waals surface area contributed by atoms with E-state index in [0.717, 1.165) is 30.9 Å². The van der Waals surface area contributed by atoms with Gasteiger partial charge in [-0.1, -0.05) is 26.0 Å². The van der Waals surface area contributed by atoms with Crippen LogP contribution in [0.2, 0.25) is 0 Å². The van der Waals surface area contributed by atoms with Gasteiger partial charge in [0, 0.05) is 25.5 Å². The van der Waals surface area contributed by atoms with E-state index in [0.29, 0.717) is 5.92 Å². The van der Waals surface area contributed by atoms with Crippen LogP contribution in [-0.2, 0) is 13.1 Å². The minimum absolute atomic E-state index is 0.400. The monoisotopic (exact) mass is 298 g/mol. The van der Waals surface area contributed by atoms with Crippen LogP contribution in [0.3, 0.4) is 0 Å². The molecular weight excluding hydrogens is 272 g/mol. The normalized spacial score (nSPS) is 14.3. The lowest BCUT2D eigenvalue weighted by molar-refractivity contribution is 0.0683. The van der Waals surface area contributed by atoms with Crippen molar-refractivity contribution in [2.24, 2.45) is 11.7 Å². The van der Waals surface area contributed by atoms with Crippen LogP contribution >= 0.6 is 0 Å². The molecule has 0 fully saturated rings. The Labute approximate surface area is 133 Å². The number of nitrogens with two attached hydrogens (primary N) is 1. The van der Waals surface area contributed by atoms with Crippen LogP contribution in [0.1, 0.15) is 38.6 Å². The molecule has 0 aliphatic heterocycles. The van der Waals surface area contributed by atoms with Gasteiger partial charge in [0.25, 0.3) is 0 Å². The van der Waals surface area contributed by atoms with Crippen molar-refractivity contribution in [2.45, 2.75) is 45.9 Å². The number of hydrogen-bond acceptors (Lipinski definition) is 4. The van der Waals surface area contributed by atoms with E-state index in [1.807, 2.05) is 48.8 Å². The van der Waals surface area contributed by atoms with E-state index in [2.05, 4.69) is 35.6 Å². The molecule has 0 bridgehead atoms. The molecule has 0 saturated carbocycles. The van der Waals surface area contributed by atoms with Crippen molar-refractivity contribution in [3.63, 3.8) is 0 Å². The molecule has 0 aliphatic rings. The third-order valence-electron chi connectivity index (χ3n) is 3.70. The summed E-state index contributed by atoms with van der Waals surface area (Å²) in [6, 6.07) is 12.0. The average Bonchev–Trinajstić information content (AvgIpc) is 2.47. The molecule has 2 rings (SSSR count). The second-order valence-electron chi connectivity index (χ2n) is 6.45. The first-order chi connectivity index (χ1) is 10.5. The molecule has 0 amide bonds. The highest BCUT2D eigenvalue weighted by Crippen LogP contribution is 2.22. The van der Waals surface area contributed by atoms with E-state index >= 15 is 0 Å². The molecule has 0 saturated heterocycles. The molecule has 4 nitrogen and oxygen atoms in total. The van der Waals surface area contributed by atoms with Gasteiger partial charge in [-0.2, -0.15) is 0 Å². The Hall–Kier alpha value is -1.78. The zero-order valence-corrected chi connectivity index (χ0v) is 13.7. The number of hydrogen-bond donors (Lipinski definition) is 1. The van der Waals surface area contributed by atoms with Crippen LogP contribution in [0.15, 0.2) is 48.8 Å². The zero-order valence-electron chi connectivity index (χ0n) is 13.7. The molecule has 4 heteroatoms. The standard InChI is InChI=1S/C18H26N4/c1-15(2)12-18(3,19)22(13-16-8-4-6-10-20-16)14-17-9-5-7-11-21-17/h4-11,15H,12-14,19H2,1-3H3. The molecule has 2 N–H and O–H groups in total. The molecule has 2 aromatic heterocycles. The van der Waals surface area contributed by atoms with Crippen molar-refractivity contribution in [1.82, 2.24) is 14.9 Å². The number of pyridine rings is 2. The Morgan fingerprint density at radius 2 is 1.50 bits per heavy atom. The fourth-order valence-electron chi connectivity index (χ4n) is 2.75. The molecule has 1 atom stereocenters. The van der Waals surface area contributed by atoms with E-state index in [1.54, 1.807) is 0 Å². The summed E-state index contributed by atoms with van der Waals surface area (Å²) in [7, 11) is 0. The number of rotatable bonds is 7. The van der Waals surface area contributed by atoms with Gasteiger partial charge in [-0.05, 0) is 43.5 Å². The maximum Gasteiger partial charge on any atom is 0.0667 e. The van der Waals surface area contributed by atoms with Crippen LogP contribution < -0.4 is 5.73 Å². The smallest absolute Gasteiger partial charge is 0.0667 e. The van der Waals surface area contributed by atoms with E-state index in [-0.39, 0.29) is 0 Å². The molecule has 0 radical (unpaired) electrons. The van der Waals surface area contributed by atoms with Gasteiger partial charge in [0.05, 0.1) is 17.1 Å². The molecule has 1 unspecified atom stereocenters. The largest absolute Gasteiger partial charge is 0.313 e. The Bertz CT molecular complexity index is 510. The third-order valence-corrected chi connectivity index (χ3v) is 3.70. The van der Waals surface area contributed by atoms with E-state index in [1.165, 1.54) is 0 Å². The van der Waals surface area contributed by atoms with Crippen molar-refractivity contribution in [3.05, 3.63) is 60.2 Å². The van der Waals surface area contributed by atoms with Crippen molar-refractivity contribution < 1.29 is 0 Å². The van der Waals surface area contributed by atoms with Crippen molar-refractivity contribution >= 4 is 0 Å². The van der Waals surface area contributed by atoms with Crippen molar-refractivity contribution in [3.8, 4) is 0 Å². The summed E-state index contributed by atoms with van der Waals surface area (Å²) in [6.07, 6.45) is 4.57. The summed E-state index contributed by atoms with van der Waals surface area (Å²) in [5, 5.41) is 0. The number of nitrogens with zero attached hydrogens (tertiary/aromatic N) is 3. The second-order valence-corrected chi connectivity index (χ2v) is 6.45. The predicted molar refractivity (Wildman–Crippen MR) is 89.8 cm³/mol. The molecule has 2 heterocycles. The Morgan fingerprint density at radius 1 is 1.00 bits per heavy atom. The summed E-state index contributed by atoms with van der Waals surface area (Å²) in [6.45, 7) is 7.93. The lowest BCUT2D eigenvalue weighted by atomic mass is 9.97. The summed E-state index contributed by atoms with van der Waals surface area (Å²) in [4.78, 5) is 11.1. The lowest BCUT2D eigenvalue weighted by Gasteiger charge is -2.39. The third kappa shape index (κ3) is 4.90. The van der Waals surface area contributed by atoms with Crippen LogP contribution in [-0.4, -0.2) is 20.5 Å². The van der Waals surface area contributed by atoms with Gasteiger partial charge >= 0.3 is 0 Å². The maximum absolute atomic E-state index is 6.63. The van der Waals surface area contributed by atoms with Crippen molar-refractivity contribution in [2.75, 3.05) is 0 Å². The van der Waals surface area contributed by atoms with Crippen LogP contribution in [0.4, 0.5) is 0 Å². The molecular formula is C18H26N4. The molecule has 2 aromatic rings.